The highest BCUT2D eigenvalue weighted by Gasteiger charge is 2.23. The molecule has 10 nitrogen and oxygen atoms in total. The van der Waals surface area contributed by atoms with Gasteiger partial charge in [0.05, 0.1) is 38.4 Å². The number of benzene rings is 1. The van der Waals surface area contributed by atoms with Gasteiger partial charge in [-0.25, -0.2) is 4.79 Å². The molecule has 0 spiro atoms. The maximum Gasteiger partial charge on any atom is 0.407 e. The molecule has 3 amide bonds. The average Bonchev–Trinajstić information content (AvgIpc) is 2.86. The minimum absolute atomic E-state index is 0.00891. The predicted octanol–water partition coefficient (Wildman–Crippen LogP) is 1.27. The number of carbonyl (C=O) groups excluding carboxylic acids is 3. The number of amides is 3. The van der Waals surface area contributed by atoms with Crippen molar-refractivity contribution in [2.24, 2.45) is 5.92 Å². The highest BCUT2D eigenvalue weighted by Crippen LogP contribution is 2.11. The van der Waals surface area contributed by atoms with Gasteiger partial charge in [0.1, 0.15) is 6.61 Å². The average molecular weight is 494 g/mol. The first kappa shape index (κ1) is 30.1. The summed E-state index contributed by atoms with van der Waals surface area (Å²) in [6, 6.07) is 8.94. The number of allylic oxidation sites excluding steroid dienone is 1. The Morgan fingerprint density at radius 1 is 1.03 bits per heavy atom. The van der Waals surface area contributed by atoms with E-state index in [1.165, 1.54) is 0 Å². The monoisotopic (exact) mass is 493 g/mol. The van der Waals surface area contributed by atoms with E-state index in [0.29, 0.717) is 32.2 Å². The van der Waals surface area contributed by atoms with E-state index in [1.54, 1.807) is 6.08 Å². The molecular weight excluding hydrogens is 454 g/mol. The maximum atomic E-state index is 12.6. The lowest BCUT2D eigenvalue weighted by atomic mass is 9.98. The zero-order valence-electron chi connectivity index (χ0n) is 20.2. The molecule has 0 saturated carbocycles. The van der Waals surface area contributed by atoms with Crippen LogP contribution in [0, 0.1) is 5.92 Å². The van der Waals surface area contributed by atoms with E-state index in [4.69, 9.17) is 14.6 Å². The van der Waals surface area contributed by atoms with Crippen LogP contribution in [0.15, 0.2) is 43.0 Å². The summed E-state index contributed by atoms with van der Waals surface area (Å²) >= 11 is 0. The van der Waals surface area contributed by atoms with Gasteiger partial charge < -0.3 is 35.6 Å². The van der Waals surface area contributed by atoms with Crippen LogP contribution in [0.1, 0.15) is 37.7 Å². The largest absolute Gasteiger partial charge is 0.445 e. The van der Waals surface area contributed by atoms with Crippen molar-refractivity contribution in [3.8, 4) is 0 Å². The minimum atomic E-state index is -0.596. The molecule has 1 rings (SSSR count). The second-order valence-electron chi connectivity index (χ2n) is 7.98. The van der Waals surface area contributed by atoms with Crippen molar-refractivity contribution in [2.75, 3.05) is 39.5 Å². The molecule has 1 aromatic carbocycles. The Morgan fingerprint density at radius 2 is 1.80 bits per heavy atom. The molecule has 0 aliphatic rings. The molecule has 0 bridgehead atoms. The highest BCUT2D eigenvalue weighted by molar-refractivity contribution is 5.86. The molecular formula is C25H39N3O7. The van der Waals surface area contributed by atoms with Crippen LogP contribution in [-0.2, 0) is 25.7 Å². The molecule has 1 aromatic rings. The molecule has 0 saturated heterocycles. The van der Waals surface area contributed by atoms with E-state index in [1.807, 2.05) is 30.3 Å². The van der Waals surface area contributed by atoms with Gasteiger partial charge in [-0.15, -0.1) is 6.58 Å². The summed E-state index contributed by atoms with van der Waals surface area (Å²) in [5.74, 6) is -1.20. The van der Waals surface area contributed by atoms with Crippen molar-refractivity contribution in [3.05, 3.63) is 48.6 Å². The second kappa shape index (κ2) is 19.4. The van der Waals surface area contributed by atoms with Crippen molar-refractivity contribution in [1.82, 2.24) is 16.0 Å². The second-order valence-corrected chi connectivity index (χ2v) is 7.98. The Hall–Kier alpha value is -2.95. The lowest BCUT2D eigenvalue weighted by Crippen LogP contribution is -2.42. The van der Waals surface area contributed by atoms with Gasteiger partial charge >= 0.3 is 6.09 Å². The first-order valence-corrected chi connectivity index (χ1v) is 11.9. The number of aliphatic hydroxyl groups excluding tert-OH is 2. The number of carbonyl (C=O) groups is 3. The number of aliphatic hydroxyl groups is 2. The Labute approximate surface area is 207 Å². The van der Waals surface area contributed by atoms with Gasteiger partial charge in [0.25, 0.3) is 0 Å². The third-order valence-electron chi connectivity index (χ3n) is 5.09. The molecule has 0 heterocycles. The van der Waals surface area contributed by atoms with Gasteiger partial charge in [-0.2, -0.15) is 0 Å². The minimum Gasteiger partial charge on any atom is -0.445 e. The van der Waals surface area contributed by atoms with Crippen molar-refractivity contribution < 1.29 is 34.1 Å². The number of rotatable bonds is 19. The van der Waals surface area contributed by atoms with Crippen LogP contribution in [0.25, 0.3) is 0 Å². The predicted molar refractivity (Wildman–Crippen MR) is 131 cm³/mol. The Balaban J connectivity index is 2.27. The van der Waals surface area contributed by atoms with E-state index >= 15 is 0 Å². The molecule has 5 N–H and O–H groups in total. The number of unbranched alkanes of at least 4 members (excludes halogenated alkanes) is 1. The molecule has 0 unspecified atom stereocenters. The molecule has 0 aliphatic heterocycles. The molecule has 10 heteroatoms. The van der Waals surface area contributed by atoms with Crippen LogP contribution in [0.2, 0.25) is 0 Å². The maximum absolute atomic E-state index is 12.6. The van der Waals surface area contributed by atoms with Gasteiger partial charge in [0.15, 0.2) is 0 Å². The quantitative estimate of drug-likeness (QED) is 0.144. The van der Waals surface area contributed by atoms with Gasteiger partial charge in [-0.05, 0) is 31.2 Å². The molecule has 0 fully saturated rings. The number of hydrogen-bond acceptors (Lipinski definition) is 7. The topological polar surface area (TPSA) is 146 Å². The van der Waals surface area contributed by atoms with Crippen LogP contribution >= 0.6 is 0 Å². The summed E-state index contributed by atoms with van der Waals surface area (Å²) in [5, 5.41) is 26.5. The first-order chi connectivity index (χ1) is 17.0. The third-order valence-corrected chi connectivity index (χ3v) is 5.09. The summed E-state index contributed by atoms with van der Waals surface area (Å²) in [7, 11) is 0. The number of alkyl carbamates (subject to hydrolysis) is 1. The van der Waals surface area contributed by atoms with Crippen LogP contribution < -0.4 is 16.0 Å². The highest BCUT2D eigenvalue weighted by atomic mass is 16.5. The third kappa shape index (κ3) is 14.8. The summed E-state index contributed by atoms with van der Waals surface area (Å²) in [6.45, 7) is 4.72. The van der Waals surface area contributed by atoms with Gasteiger partial charge in [-0.1, -0.05) is 36.4 Å². The molecule has 0 aromatic heterocycles. The van der Waals surface area contributed by atoms with E-state index < -0.39 is 18.1 Å². The summed E-state index contributed by atoms with van der Waals surface area (Å²) < 4.78 is 10.2. The summed E-state index contributed by atoms with van der Waals surface area (Å²) in [5.41, 5.74) is 0.906. The number of hydrogen-bond donors (Lipinski definition) is 5. The molecule has 196 valence electrons. The van der Waals surface area contributed by atoms with E-state index in [9.17, 15) is 19.5 Å². The zero-order valence-corrected chi connectivity index (χ0v) is 20.2. The van der Waals surface area contributed by atoms with Crippen molar-refractivity contribution >= 4 is 17.9 Å². The van der Waals surface area contributed by atoms with Crippen LogP contribution in [0.4, 0.5) is 4.79 Å². The van der Waals surface area contributed by atoms with Crippen LogP contribution in [-0.4, -0.2) is 73.7 Å². The Morgan fingerprint density at radius 3 is 2.49 bits per heavy atom. The Bertz CT molecular complexity index is 746. The van der Waals surface area contributed by atoms with E-state index in [2.05, 4.69) is 22.5 Å². The lowest BCUT2D eigenvalue weighted by molar-refractivity contribution is -0.131. The summed E-state index contributed by atoms with van der Waals surface area (Å²) in [4.78, 5) is 36.5. The zero-order chi connectivity index (χ0) is 25.7. The molecule has 0 radical (unpaired) electrons. The van der Waals surface area contributed by atoms with Crippen molar-refractivity contribution in [2.45, 2.75) is 44.8 Å². The van der Waals surface area contributed by atoms with Gasteiger partial charge in [-0.3, -0.25) is 9.59 Å². The molecule has 0 aliphatic carbocycles. The van der Waals surface area contributed by atoms with E-state index in [-0.39, 0.29) is 57.8 Å². The van der Waals surface area contributed by atoms with E-state index in [0.717, 1.165) is 5.56 Å². The fraction of sp³-hybridized carbons (Fsp3) is 0.560. The number of ether oxygens (including phenoxy) is 2. The smallest absolute Gasteiger partial charge is 0.407 e. The SMILES string of the molecule is C=CC[C@@H](CC(=O)NCCOCCO)C(=O)N[C@H](CO)CCCCNC(=O)OCc1ccccc1. The van der Waals surface area contributed by atoms with Crippen molar-refractivity contribution in [1.29, 1.82) is 0 Å². The molecule has 35 heavy (non-hydrogen) atoms. The fourth-order valence-electron chi connectivity index (χ4n) is 3.22. The molecule has 2 atom stereocenters. The van der Waals surface area contributed by atoms with Crippen LogP contribution in [0.3, 0.4) is 0 Å². The van der Waals surface area contributed by atoms with Gasteiger partial charge in [0, 0.05) is 19.5 Å². The lowest BCUT2D eigenvalue weighted by Gasteiger charge is -2.21. The van der Waals surface area contributed by atoms with Crippen molar-refractivity contribution in [3.63, 3.8) is 0 Å². The number of nitrogens with one attached hydrogen (secondary N) is 3. The first-order valence-electron chi connectivity index (χ1n) is 11.9. The van der Waals surface area contributed by atoms with Gasteiger partial charge in [0.2, 0.25) is 11.8 Å². The van der Waals surface area contributed by atoms with Crippen LogP contribution in [0.5, 0.6) is 0 Å². The standard InChI is InChI=1S/C25H39N3O7/c1-2-8-21(17-23(31)26-13-15-34-16-14-29)24(32)28-22(18-30)11-6-7-12-27-25(33)35-19-20-9-4-3-5-10-20/h2-5,9-10,21-22,29-30H,1,6-8,11-19H2,(H,26,31)(H,27,33)(H,28,32)/t21-,22-/m0/s1. The fourth-order valence-corrected chi connectivity index (χ4v) is 3.22. The summed E-state index contributed by atoms with van der Waals surface area (Å²) in [6.07, 6.45) is 3.26. The normalized spacial score (nSPS) is 12.3. The Kier molecular flexibility index (Phi) is 16.6.